The highest BCUT2D eigenvalue weighted by atomic mass is 35.7. The molecule has 0 saturated heterocycles. The SMILES string of the molecule is N#Cc1c(S(=O)(=O)Cl)ccc([N+](=O)[O-])c1CCl. The fourth-order valence-corrected chi connectivity index (χ4v) is 2.55. The third-order valence-corrected chi connectivity index (χ3v) is 3.59. The van der Waals surface area contributed by atoms with Gasteiger partial charge in [-0.05, 0) is 6.07 Å². The molecule has 0 atom stereocenters. The number of nitriles is 1. The predicted octanol–water partition coefficient (Wildman–Crippen LogP) is 2.13. The summed E-state index contributed by atoms with van der Waals surface area (Å²) in [5.41, 5.74) is -0.981. The number of hydrogen-bond donors (Lipinski definition) is 0. The summed E-state index contributed by atoms with van der Waals surface area (Å²) in [5, 5.41) is 19.5. The molecule has 0 amide bonds. The van der Waals surface area contributed by atoms with Crippen LogP contribution in [-0.4, -0.2) is 13.3 Å². The van der Waals surface area contributed by atoms with Gasteiger partial charge in [0.05, 0.1) is 21.9 Å². The second kappa shape index (κ2) is 4.87. The number of benzene rings is 1. The van der Waals surface area contributed by atoms with E-state index in [-0.39, 0.29) is 11.4 Å². The standard InChI is InChI=1S/C8H4Cl2N2O4S/c9-3-5-6(4-11)8(17(10,15)16)2-1-7(5)12(13)14/h1-2H,3H2. The summed E-state index contributed by atoms with van der Waals surface area (Å²) in [5.74, 6) is -0.362. The molecular weight excluding hydrogens is 291 g/mol. The van der Waals surface area contributed by atoms with Crippen LogP contribution < -0.4 is 0 Å². The molecule has 9 heteroatoms. The normalized spacial score (nSPS) is 10.9. The van der Waals surface area contributed by atoms with Crippen LogP contribution in [0.15, 0.2) is 17.0 Å². The molecule has 6 nitrogen and oxygen atoms in total. The summed E-state index contributed by atoms with van der Waals surface area (Å²) in [6.07, 6.45) is 0. The van der Waals surface area contributed by atoms with Crippen LogP contribution in [0.5, 0.6) is 0 Å². The molecule has 1 rings (SSSR count). The Morgan fingerprint density at radius 3 is 2.41 bits per heavy atom. The Morgan fingerprint density at radius 1 is 1.47 bits per heavy atom. The number of halogens is 2. The highest BCUT2D eigenvalue weighted by Gasteiger charge is 2.25. The van der Waals surface area contributed by atoms with Gasteiger partial charge in [0, 0.05) is 16.7 Å². The van der Waals surface area contributed by atoms with E-state index in [2.05, 4.69) is 0 Å². The van der Waals surface area contributed by atoms with E-state index in [0.717, 1.165) is 12.1 Å². The van der Waals surface area contributed by atoms with Crippen molar-refractivity contribution in [3.63, 3.8) is 0 Å². The zero-order chi connectivity index (χ0) is 13.2. The average Bonchev–Trinajstić information content (AvgIpc) is 2.25. The molecule has 0 aromatic heterocycles. The molecule has 0 heterocycles. The molecule has 0 saturated carbocycles. The topological polar surface area (TPSA) is 101 Å². The van der Waals surface area contributed by atoms with Crippen molar-refractivity contribution in [3.05, 3.63) is 33.4 Å². The largest absolute Gasteiger partial charge is 0.275 e. The van der Waals surface area contributed by atoms with Gasteiger partial charge in [-0.2, -0.15) is 5.26 Å². The average molecular weight is 295 g/mol. The van der Waals surface area contributed by atoms with Crippen molar-refractivity contribution in [2.45, 2.75) is 10.8 Å². The van der Waals surface area contributed by atoms with E-state index in [9.17, 15) is 18.5 Å². The zero-order valence-corrected chi connectivity index (χ0v) is 10.4. The summed E-state index contributed by atoms with van der Waals surface area (Å²) in [4.78, 5) is 9.43. The minimum absolute atomic E-state index is 0.166. The first kappa shape index (κ1) is 13.7. The number of hydrogen-bond acceptors (Lipinski definition) is 5. The van der Waals surface area contributed by atoms with Gasteiger partial charge in [0.1, 0.15) is 11.0 Å². The Bertz CT molecular complexity index is 621. The van der Waals surface area contributed by atoms with Gasteiger partial charge >= 0.3 is 0 Å². The summed E-state index contributed by atoms with van der Waals surface area (Å²) < 4.78 is 22.3. The van der Waals surface area contributed by atoms with Crippen LogP contribution in [0.25, 0.3) is 0 Å². The smallest absolute Gasteiger partial charge is 0.258 e. The molecule has 0 aliphatic rings. The van der Waals surface area contributed by atoms with Crippen molar-refractivity contribution in [2.75, 3.05) is 0 Å². The Morgan fingerprint density at radius 2 is 2.06 bits per heavy atom. The first-order valence-corrected chi connectivity index (χ1v) is 6.88. The quantitative estimate of drug-likeness (QED) is 0.368. The Labute approximate surface area is 106 Å². The van der Waals surface area contributed by atoms with Gasteiger partial charge in [0.25, 0.3) is 14.7 Å². The molecule has 0 N–H and O–H groups in total. The van der Waals surface area contributed by atoms with E-state index in [4.69, 9.17) is 27.5 Å². The second-order valence-corrected chi connectivity index (χ2v) is 5.68. The maximum Gasteiger partial charge on any atom is 0.275 e. The molecule has 0 spiro atoms. The van der Waals surface area contributed by atoms with Crippen LogP contribution in [0.4, 0.5) is 5.69 Å². The first-order chi connectivity index (χ1) is 7.82. The van der Waals surface area contributed by atoms with E-state index in [0.29, 0.717) is 0 Å². The van der Waals surface area contributed by atoms with Crippen molar-refractivity contribution in [2.24, 2.45) is 0 Å². The molecule has 1 aromatic rings. The molecule has 0 fully saturated rings. The maximum atomic E-state index is 11.2. The number of nitro groups is 1. The number of nitro benzene ring substituents is 1. The number of alkyl halides is 1. The minimum atomic E-state index is -4.15. The number of nitrogens with zero attached hydrogens (tertiary/aromatic N) is 2. The maximum absolute atomic E-state index is 11.2. The molecule has 0 bridgehead atoms. The Hall–Kier alpha value is -1.36. The molecule has 17 heavy (non-hydrogen) atoms. The lowest BCUT2D eigenvalue weighted by Gasteiger charge is -2.05. The van der Waals surface area contributed by atoms with Crippen molar-refractivity contribution in [1.29, 1.82) is 5.26 Å². The van der Waals surface area contributed by atoms with Crippen molar-refractivity contribution >= 4 is 37.0 Å². The van der Waals surface area contributed by atoms with Gasteiger partial charge in [0.2, 0.25) is 0 Å². The van der Waals surface area contributed by atoms with Crippen LogP contribution in [-0.2, 0) is 14.9 Å². The van der Waals surface area contributed by atoms with Crippen molar-refractivity contribution in [1.82, 2.24) is 0 Å². The molecule has 0 radical (unpaired) electrons. The molecule has 0 aliphatic heterocycles. The van der Waals surface area contributed by atoms with E-state index in [1.54, 1.807) is 6.07 Å². The third-order valence-electron chi connectivity index (χ3n) is 1.95. The summed E-state index contributed by atoms with van der Waals surface area (Å²) in [7, 11) is 0.959. The van der Waals surface area contributed by atoms with E-state index >= 15 is 0 Å². The van der Waals surface area contributed by atoms with Gasteiger partial charge in [-0.3, -0.25) is 10.1 Å². The summed E-state index contributed by atoms with van der Waals surface area (Å²) in [6.45, 7) is 0. The van der Waals surface area contributed by atoms with Crippen LogP contribution in [0.2, 0.25) is 0 Å². The number of rotatable bonds is 3. The summed E-state index contributed by atoms with van der Waals surface area (Å²) >= 11 is 5.49. The van der Waals surface area contributed by atoms with Crippen LogP contribution >= 0.6 is 22.3 Å². The highest BCUT2D eigenvalue weighted by molar-refractivity contribution is 8.13. The fraction of sp³-hybridized carbons (Fsp3) is 0.125. The molecule has 1 aromatic carbocycles. The van der Waals surface area contributed by atoms with Crippen molar-refractivity contribution in [3.8, 4) is 6.07 Å². The van der Waals surface area contributed by atoms with Crippen LogP contribution in [0, 0.1) is 21.4 Å². The molecule has 0 unspecified atom stereocenters. The highest BCUT2D eigenvalue weighted by Crippen LogP contribution is 2.30. The molecule has 90 valence electrons. The Kier molecular flexibility index (Phi) is 3.93. The van der Waals surface area contributed by atoms with E-state index in [1.807, 2.05) is 0 Å². The molecule has 0 aliphatic carbocycles. The van der Waals surface area contributed by atoms with E-state index in [1.165, 1.54) is 0 Å². The van der Waals surface area contributed by atoms with Crippen LogP contribution in [0.3, 0.4) is 0 Å². The third kappa shape index (κ3) is 2.66. The summed E-state index contributed by atoms with van der Waals surface area (Å²) in [6, 6.07) is 3.43. The van der Waals surface area contributed by atoms with Crippen molar-refractivity contribution < 1.29 is 13.3 Å². The van der Waals surface area contributed by atoms with Crippen LogP contribution in [0.1, 0.15) is 11.1 Å². The minimum Gasteiger partial charge on any atom is -0.258 e. The lowest BCUT2D eigenvalue weighted by atomic mass is 10.1. The zero-order valence-electron chi connectivity index (χ0n) is 8.05. The Balaban J connectivity index is 3.74. The lowest BCUT2D eigenvalue weighted by Crippen LogP contribution is -2.03. The van der Waals surface area contributed by atoms with Gasteiger partial charge in [0.15, 0.2) is 0 Å². The first-order valence-electron chi connectivity index (χ1n) is 4.04. The van der Waals surface area contributed by atoms with Gasteiger partial charge in [-0.1, -0.05) is 0 Å². The molecular formula is C8H4Cl2N2O4S. The van der Waals surface area contributed by atoms with Gasteiger partial charge in [-0.15, -0.1) is 11.6 Å². The lowest BCUT2D eigenvalue weighted by molar-refractivity contribution is -0.385. The van der Waals surface area contributed by atoms with E-state index < -0.39 is 30.1 Å². The second-order valence-electron chi connectivity index (χ2n) is 2.88. The van der Waals surface area contributed by atoms with Gasteiger partial charge < -0.3 is 0 Å². The fourth-order valence-electron chi connectivity index (χ4n) is 1.25. The predicted molar refractivity (Wildman–Crippen MR) is 60.4 cm³/mol. The van der Waals surface area contributed by atoms with Gasteiger partial charge in [-0.25, -0.2) is 8.42 Å². The monoisotopic (exact) mass is 294 g/mol.